The van der Waals surface area contributed by atoms with Crippen molar-refractivity contribution in [2.75, 3.05) is 0 Å². The summed E-state index contributed by atoms with van der Waals surface area (Å²) in [6.45, 7) is 4.54. The highest BCUT2D eigenvalue weighted by atomic mass is 15.4. The molecule has 0 bridgehead atoms. The van der Waals surface area contributed by atoms with E-state index < -0.39 is 0 Å². The number of hydrogen-bond donors (Lipinski definition) is 0. The Morgan fingerprint density at radius 2 is 1.35 bits per heavy atom. The summed E-state index contributed by atoms with van der Waals surface area (Å²) in [5, 5.41) is 8.18. The lowest BCUT2D eigenvalue weighted by Crippen LogP contribution is -2.10. The van der Waals surface area contributed by atoms with Crippen LogP contribution in [0.15, 0.2) is 12.4 Å². The Labute approximate surface area is 125 Å². The maximum absolute atomic E-state index is 4.21. The Hall–Kier alpha value is -0.860. The van der Waals surface area contributed by atoms with Crippen molar-refractivity contribution in [3.63, 3.8) is 0 Å². The standard InChI is InChI=1S/C17H33N3/c1-3-5-7-9-11-13-17(20-16-15-18-19-20)14-12-10-8-6-4-2/h15-17H,3-14H2,1-2H3. The van der Waals surface area contributed by atoms with Gasteiger partial charge in [0.05, 0.1) is 12.2 Å². The minimum atomic E-state index is 0.570. The molecule has 3 nitrogen and oxygen atoms in total. The van der Waals surface area contributed by atoms with Crippen molar-refractivity contribution in [3.05, 3.63) is 12.4 Å². The molecule has 1 aromatic heterocycles. The highest BCUT2D eigenvalue weighted by Gasteiger charge is 2.11. The summed E-state index contributed by atoms with van der Waals surface area (Å²) in [5.74, 6) is 0. The molecule has 1 rings (SSSR count). The Bertz CT molecular complexity index is 281. The summed E-state index contributed by atoms with van der Waals surface area (Å²) in [6.07, 6.45) is 20.0. The normalized spacial score (nSPS) is 11.3. The minimum Gasteiger partial charge on any atom is -0.250 e. The van der Waals surface area contributed by atoms with Crippen molar-refractivity contribution < 1.29 is 0 Å². The van der Waals surface area contributed by atoms with E-state index in [-0.39, 0.29) is 0 Å². The molecule has 0 N–H and O–H groups in total. The minimum absolute atomic E-state index is 0.570. The molecule has 0 aromatic carbocycles. The molecule has 0 aliphatic rings. The van der Waals surface area contributed by atoms with Crippen molar-refractivity contribution in [2.24, 2.45) is 0 Å². The Morgan fingerprint density at radius 1 is 0.800 bits per heavy atom. The average molecular weight is 279 g/mol. The quantitative estimate of drug-likeness (QED) is 0.444. The zero-order chi connectivity index (χ0) is 14.5. The second-order valence-corrected chi connectivity index (χ2v) is 5.94. The highest BCUT2D eigenvalue weighted by molar-refractivity contribution is 4.73. The van der Waals surface area contributed by atoms with Gasteiger partial charge in [0.25, 0.3) is 0 Å². The van der Waals surface area contributed by atoms with Crippen molar-refractivity contribution in [2.45, 2.75) is 96.9 Å². The van der Waals surface area contributed by atoms with Crippen LogP contribution in [0.3, 0.4) is 0 Å². The second-order valence-electron chi connectivity index (χ2n) is 5.94. The van der Waals surface area contributed by atoms with E-state index >= 15 is 0 Å². The average Bonchev–Trinajstić information content (AvgIpc) is 2.98. The van der Waals surface area contributed by atoms with Crippen molar-refractivity contribution in [3.8, 4) is 0 Å². The van der Waals surface area contributed by atoms with Crippen LogP contribution in [0.4, 0.5) is 0 Å². The lowest BCUT2D eigenvalue weighted by Gasteiger charge is -2.16. The van der Waals surface area contributed by atoms with Gasteiger partial charge in [0.1, 0.15) is 0 Å². The fourth-order valence-corrected chi connectivity index (χ4v) is 2.79. The first-order chi connectivity index (χ1) is 9.88. The van der Waals surface area contributed by atoms with E-state index in [9.17, 15) is 0 Å². The van der Waals surface area contributed by atoms with Gasteiger partial charge in [-0.15, -0.1) is 5.10 Å². The summed E-state index contributed by atoms with van der Waals surface area (Å²) < 4.78 is 2.08. The molecule has 0 amide bonds. The van der Waals surface area contributed by atoms with Gasteiger partial charge in [0.2, 0.25) is 0 Å². The molecular formula is C17H33N3. The molecule has 0 fully saturated rings. The first-order valence-corrected chi connectivity index (χ1v) is 8.74. The largest absolute Gasteiger partial charge is 0.250 e. The second kappa shape index (κ2) is 11.9. The molecule has 1 aromatic rings. The van der Waals surface area contributed by atoms with Crippen LogP contribution in [-0.2, 0) is 0 Å². The predicted octanol–water partition coefficient (Wildman–Crippen LogP) is 5.54. The van der Waals surface area contributed by atoms with Gasteiger partial charge in [-0.1, -0.05) is 83.3 Å². The lowest BCUT2D eigenvalue weighted by molar-refractivity contribution is 0.360. The van der Waals surface area contributed by atoms with E-state index in [2.05, 4.69) is 28.8 Å². The molecule has 0 atom stereocenters. The molecule has 0 saturated heterocycles. The van der Waals surface area contributed by atoms with Crippen LogP contribution in [0, 0.1) is 0 Å². The van der Waals surface area contributed by atoms with Crippen molar-refractivity contribution in [1.29, 1.82) is 0 Å². The fraction of sp³-hybridized carbons (Fsp3) is 0.882. The third kappa shape index (κ3) is 7.66. The Kier molecular flexibility index (Phi) is 10.3. The van der Waals surface area contributed by atoms with Crippen LogP contribution >= 0.6 is 0 Å². The predicted molar refractivity (Wildman–Crippen MR) is 85.8 cm³/mol. The maximum atomic E-state index is 4.21. The third-order valence-corrected chi connectivity index (χ3v) is 4.10. The van der Waals surface area contributed by atoms with Gasteiger partial charge in [-0.05, 0) is 12.8 Å². The molecule has 0 unspecified atom stereocenters. The van der Waals surface area contributed by atoms with Crippen LogP contribution in [-0.4, -0.2) is 15.0 Å². The summed E-state index contributed by atoms with van der Waals surface area (Å²) in [7, 11) is 0. The molecule has 20 heavy (non-hydrogen) atoms. The summed E-state index contributed by atoms with van der Waals surface area (Å²) in [4.78, 5) is 0. The number of unbranched alkanes of at least 4 members (excludes halogenated alkanes) is 8. The SMILES string of the molecule is CCCCCCCC(CCCCCCC)n1ccnn1. The number of rotatable bonds is 13. The molecular weight excluding hydrogens is 246 g/mol. The lowest BCUT2D eigenvalue weighted by atomic mass is 10.0. The molecule has 0 radical (unpaired) electrons. The number of hydrogen-bond acceptors (Lipinski definition) is 2. The first kappa shape index (κ1) is 17.2. The summed E-state index contributed by atoms with van der Waals surface area (Å²) in [6, 6.07) is 0.570. The van der Waals surface area contributed by atoms with E-state index in [0.717, 1.165) is 0 Å². The van der Waals surface area contributed by atoms with Gasteiger partial charge in [-0.3, -0.25) is 0 Å². The Morgan fingerprint density at radius 3 is 1.80 bits per heavy atom. The molecule has 1 heterocycles. The van der Waals surface area contributed by atoms with E-state index in [1.807, 2.05) is 6.20 Å². The van der Waals surface area contributed by atoms with E-state index in [1.54, 1.807) is 6.20 Å². The maximum Gasteiger partial charge on any atom is 0.0693 e. The van der Waals surface area contributed by atoms with Crippen LogP contribution in [0.25, 0.3) is 0 Å². The summed E-state index contributed by atoms with van der Waals surface area (Å²) >= 11 is 0. The van der Waals surface area contributed by atoms with Crippen LogP contribution < -0.4 is 0 Å². The van der Waals surface area contributed by atoms with Crippen LogP contribution in [0.1, 0.15) is 96.9 Å². The molecule has 0 aliphatic heterocycles. The van der Waals surface area contributed by atoms with Gasteiger partial charge < -0.3 is 0 Å². The summed E-state index contributed by atoms with van der Waals surface area (Å²) in [5.41, 5.74) is 0. The van der Waals surface area contributed by atoms with Crippen LogP contribution in [0.5, 0.6) is 0 Å². The molecule has 3 heteroatoms. The smallest absolute Gasteiger partial charge is 0.0693 e. The number of nitrogens with zero attached hydrogens (tertiary/aromatic N) is 3. The van der Waals surface area contributed by atoms with E-state index in [1.165, 1.54) is 77.0 Å². The topological polar surface area (TPSA) is 30.7 Å². The Balaban J connectivity index is 2.22. The van der Waals surface area contributed by atoms with Crippen molar-refractivity contribution >= 4 is 0 Å². The zero-order valence-electron chi connectivity index (χ0n) is 13.6. The molecule has 0 saturated carbocycles. The van der Waals surface area contributed by atoms with Gasteiger partial charge in [0.15, 0.2) is 0 Å². The van der Waals surface area contributed by atoms with Gasteiger partial charge in [-0.2, -0.15) is 0 Å². The monoisotopic (exact) mass is 279 g/mol. The third-order valence-electron chi connectivity index (χ3n) is 4.10. The van der Waals surface area contributed by atoms with Gasteiger partial charge >= 0.3 is 0 Å². The fourth-order valence-electron chi connectivity index (χ4n) is 2.79. The van der Waals surface area contributed by atoms with E-state index in [4.69, 9.17) is 0 Å². The molecule has 116 valence electrons. The number of aromatic nitrogens is 3. The van der Waals surface area contributed by atoms with Gasteiger partial charge in [-0.25, -0.2) is 4.68 Å². The molecule has 0 aliphatic carbocycles. The van der Waals surface area contributed by atoms with E-state index in [0.29, 0.717) is 6.04 Å². The first-order valence-electron chi connectivity index (χ1n) is 8.74. The van der Waals surface area contributed by atoms with Crippen LogP contribution in [0.2, 0.25) is 0 Å². The van der Waals surface area contributed by atoms with Gasteiger partial charge in [0, 0.05) is 6.20 Å². The zero-order valence-corrected chi connectivity index (χ0v) is 13.6. The van der Waals surface area contributed by atoms with Crippen molar-refractivity contribution in [1.82, 2.24) is 15.0 Å². The highest BCUT2D eigenvalue weighted by Crippen LogP contribution is 2.22. The molecule has 0 spiro atoms.